The molecule has 1 heterocycles. The first-order chi connectivity index (χ1) is 15.1. The number of halogens is 2. The highest BCUT2D eigenvalue weighted by Crippen LogP contribution is 2.31. The minimum atomic E-state index is -4.10. The van der Waals surface area contributed by atoms with Gasteiger partial charge in [0.25, 0.3) is 5.69 Å². The van der Waals surface area contributed by atoms with Crippen molar-refractivity contribution in [1.82, 2.24) is 4.31 Å². The molecule has 12 heteroatoms. The molecule has 0 atom stereocenters. The van der Waals surface area contributed by atoms with E-state index in [2.05, 4.69) is 0 Å². The molecule has 0 N–H and O–H groups in total. The highest BCUT2D eigenvalue weighted by atomic mass is 35.5. The second kappa shape index (κ2) is 9.72. The van der Waals surface area contributed by atoms with Gasteiger partial charge >= 0.3 is 5.97 Å². The summed E-state index contributed by atoms with van der Waals surface area (Å²) >= 11 is 5.96. The Hall–Kier alpha value is -2.89. The van der Waals surface area contributed by atoms with E-state index in [9.17, 15) is 32.5 Å². The highest BCUT2D eigenvalue weighted by Gasteiger charge is 2.34. The van der Waals surface area contributed by atoms with Gasteiger partial charge < -0.3 is 4.74 Å². The predicted molar refractivity (Wildman–Crippen MR) is 111 cm³/mol. The fourth-order valence-electron chi connectivity index (χ4n) is 3.25. The molecular weight excluding hydrogens is 467 g/mol. The van der Waals surface area contributed by atoms with Crippen molar-refractivity contribution in [2.45, 2.75) is 17.7 Å². The van der Waals surface area contributed by atoms with E-state index in [4.69, 9.17) is 16.3 Å². The number of rotatable bonds is 7. The van der Waals surface area contributed by atoms with Gasteiger partial charge in [0.2, 0.25) is 10.0 Å². The van der Waals surface area contributed by atoms with Gasteiger partial charge in [-0.3, -0.25) is 19.7 Å². The van der Waals surface area contributed by atoms with Gasteiger partial charge in [-0.1, -0.05) is 11.6 Å². The summed E-state index contributed by atoms with van der Waals surface area (Å²) < 4.78 is 44.9. The van der Waals surface area contributed by atoms with E-state index < -0.39 is 50.7 Å². The van der Waals surface area contributed by atoms with Crippen molar-refractivity contribution in [2.75, 3.05) is 19.7 Å². The molecule has 2 aromatic carbocycles. The van der Waals surface area contributed by atoms with Crippen LogP contribution in [0, 0.1) is 21.8 Å². The van der Waals surface area contributed by atoms with Crippen LogP contribution in [0.15, 0.2) is 47.4 Å². The van der Waals surface area contributed by atoms with Crippen LogP contribution in [0.25, 0.3) is 0 Å². The van der Waals surface area contributed by atoms with Crippen LogP contribution in [0.1, 0.15) is 23.2 Å². The summed E-state index contributed by atoms with van der Waals surface area (Å²) in [6.45, 7) is -0.549. The molecule has 1 aliphatic rings. The fourth-order valence-corrected chi connectivity index (χ4v) is 5.21. The van der Waals surface area contributed by atoms with Crippen molar-refractivity contribution in [2.24, 2.45) is 5.92 Å². The number of hydrogen-bond donors (Lipinski definition) is 0. The van der Waals surface area contributed by atoms with Crippen molar-refractivity contribution in [3.8, 4) is 0 Å². The second-order valence-electron chi connectivity index (χ2n) is 7.09. The number of ketones is 1. The van der Waals surface area contributed by atoms with Gasteiger partial charge in [-0.25, -0.2) is 12.8 Å². The molecule has 1 fully saturated rings. The molecule has 3 rings (SSSR count). The first-order valence-corrected chi connectivity index (χ1v) is 11.3. The number of esters is 1. The van der Waals surface area contributed by atoms with Crippen LogP contribution in [-0.4, -0.2) is 49.1 Å². The molecule has 0 saturated carbocycles. The van der Waals surface area contributed by atoms with E-state index in [1.54, 1.807) is 0 Å². The van der Waals surface area contributed by atoms with E-state index in [1.165, 1.54) is 12.1 Å². The molecular formula is C20H18ClFN2O7S. The molecule has 0 radical (unpaired) electrons. The maximum atomic E-state index is 12.9. The maximum Gasteiger partial charge on any atom is 0.309 e. The number of carbonyl (C=O) groups is 2. The monoisotopic (exact) mass is 484 g/mol. The molecule has 2 aromatic rings. The number of Topliss-reactive ketones (excluding diaryl/α,β-unsaturated/α-hetero) is 1. The minimum absolute atomic E-state index is 0.0208. The summed E-state index contributed by atoms with van der Waals surface area (Å²) in [6.07, 6.45) is 0.296. The quantitative estimate of drug-likeness (QED) is 0.256. The van der Waals surface area contributed by atoms with Gasteiger partial charge in [0.1, 0.15) is 10.7 Å². The van der Waals surface area contributed by atoms with Crippen LogP contribution >= 0.6 is 11.6 Å². The minimum Gasteiger partial charge on any atom is -0.457 e. The Balaban J connectivity index is 1.59. The van der Waals surface area contributed by atoms with Gasteiger partial charge in [-0.15, -0.1) is 0 Å². The lowest BCUT2D eigenvalue weighted by Crippen LogP contribution is -2.40. The molecule has 0 spiro atoms. The number of nitrogens with zero attached hydrogens (tertiary/aromatic N) is 2. The Bertz CT molecular complexity index is 1150. The summed E-state index contributed by atoms with van der Waals surface area (Å²) in [7, 11) is -4.10. The Labute approximate surface area is 187 Å². The number of non-ortho nitro benzene ring substituents is 1. The Morgan fingerprint density at radius 2 is 1.78 bits per heavy atom. The number of benzene rings is 2. The molecule has 0 aliphatic carbocycles. The van der Waals surface area contributed by atoms with Gasteiger partial charge in [-0.2, -0.15) is 4.31 Å². The van der Waals surface area contributed by atoms with Crippen LogP contribution in [0.4, 0.5) is 10.1 Å². The molecule has 9 nitrogen and oxygen atoms in total. The third kappa shape index (κ3) is 5.29. The third-order valence-corrected chi connectivity index (χ3v) is 7.42. The van der Waals surface area contributed by atoms with E-state index >= 15 is 0 Å². The average Bonchev–Trinajstić information content (AvgIpc) is 2.77. The number of piperidine rings is 1. The topological polar surface area (TPSA) is 124 Å². The Morgan fingerprint density at radius 3 is 2.38 bits per heavy atom. The second-order valence-corrected chi connectivity index (χ2v) is 9.40. The van der Waals surface area contributed by atoms with Gasteiger partial charge in [0.05, 0.1) is 15.9 Å². The standard InChI is InChI=1S/C20H18ClFN2O7S/c21-17-6-5-16(24(27)28)11-19(17)32(29,30)23-9-7-14(8-10-23)20(26)31-12-18(25)13-1-3-15(22)4-2-13/h1-6,11,14H,7-10,12H2. The third-order valence-electron chi connectivity index (χ3n) is 5.04. The number of hydrogen-bond acceptors (Lipinski definition) is 7. The molecule has 1 aliphatic heterocycles. The fraction of sp³-hybridized carbons (Fsp3) is 0.300. The molecule has 32 heavy (non-hydrogen) atoms. The number of nitro benzene ring substituents is 1. The number of ether oxygens (including phenoxy) is 1. The summed E-state index contributed by atoms with van der Waals surface area (Å²) in [6, 6.07) is 7.98. The van der Waals surface area contributed by atoms with Crippen LogP contribution < -0.4 is 0 Å². The van der Waals surface area contributed by atoms with Crippen LogP contribution in [0.3, 0.4) is 0 Å². The van der Waals surface area contributed by atoms with Gasteiger partial charge in [0, 0.05) is 30.8 Å². The molecule has 170 valence electrons. The SMILES string of the molecule is O=C(COC(=O)C1CCN(S(=O)(=O)c2cc([N+](=O)[O-])ccc2Cl)CC1)c1ccc(F)cc1. The van der Waals surface area contributed by atoms with Gasteiger partial charge in [0.15, 0.2) is 12.4 Å². The zero-order valence-corrected chi connectivity index (χ0v) is 18.1. The first-order valence-electron chi connectivity index (χ1n) is 9.49. The molecule has 0 bridgehead atoms. The van der Waals surface area contributed by atoms with Crippen LogP contribution in [0.5, 0.6) is 0 Å². The van der Waals surface area contributed by atoms with E-state index in [-0.39, 0.29) is 41.4 Å². The lowest BCUT2D eigenvalue weighted by molar-refractivity contribution is -0.385. The first kappa shape index (κ1) is 23.8. The van der Waals surface area contributed by atoms with E-state index in [0.29, 0.717) is 0 Å². The smallest absolute Gasteiger partial charge is 0.309 e. The number of carbonyl (C=O) groups excluding carboxylic acids is 2. The molecule has 0 unspecified atom stereocenters. The summed E-state index contributed by atoms with van der Waals surface area (Å²) in [5, 5.41) is 10.8. The molecule has 0 aromatic heterocycles. The van der Waals surface area contributed by atoms with Crippen LogP contribution in [-0.2, 0) is 19.6 Å². The summed E-state index contributed by atoms with van der Waals surface area (Å²) in [4.78, 5) is 34.2. The maximum absolute atomic E-state index is 12.9. The highest BCUT2D eigenvalue weighted by molar-refractivity contribution is 7.89. The summed E-state index contributed by atoms with van der Waals surface area (Å²) in [5.41, 5.74) is -0.203. The Kier molecular flexibility index (Phi) is 7.22. The number of sulfonamides is 1. The molecule has 1 saturated heterocycles. The summed E-state index contributed by atoms with van der Waals surface area (Å²) in [5.74, 6) is -2.22. The zero-order chi connectivity index (χ0) is 23.5. The van der Waals surface area contributed by atoms with E-state index in [0.717, 1.165) is 34.6 Å². The van der Waals surface area contributed by atoms with Crippen molar-refractivity contribution >= 4 is 39.1 Å². The average molecular weight is 485 g/mol. The van der Waals surface area contributed by atoms with Crippen molar-refractivity contribution in [3.05, 3.63) is 69.0 Å². The lowest BCUT2D eigenvalue weighted by Gasteiger charge is -2.30. The Morgan fingerprint density at radius 1 is 1.16 bits per heavy atom. The number of nitro groups is 1. The molecule has 0 amide bonds. The predicted octanol–water partition coefficient (Wildman–Crippen LogP) is 3.21. The lowest BCUT2D eigenvalue weighted by atomic mass is 9.98. The van der Waals surface area contributed by atoms with E-state index in [1.807, 2.05) is 0 Å². The zero-order valence-electron chi connectivity index (χ0n) is 16.6. The van der Waals surface area contributed by atoms with Gasteiger partial charge in [-0.05, 0) is 43.2 Å². The largest absolute Gasteiger partial charge is 0.457 e. The van der Waals surface area contributed by atoms with Crippen molar-refractivity contribution < 1.29 is 32.1 Å². The van der Waals surface area contributed by atoms with Crippen LogP contribution in [0.2, 0.25) is 5.02 Å². The van der Waals surface area contributed by atoms with Crippen molar-refractivity contribution in [3.63, 3.8) is 0 Å². The van der Waals surface area contributed by atoms with Crippen molar-refractivity contribution in [1.29, 1.82) is 0 Å². The normalized spacial score (nSPS) is 15.3.